The molecule has 0 spiro atoms. The largest absolute Gasteiger partial charge is 0.402 e. The first-order valence-corrected chi connectivity index (χ1v) is 7.14. The zero-order chi connectivity index (χ0) is 13.9. The van der Waals surface area contributed by atoms with E-state index in [4.69, 9.17) is 16.3 Å². The van der Waals surface area contributed by atoms with Gasteiger partial charge in [0.05, 0.1) is 0 Å². The second-order valence-electron chi connectivity index (χ2n) is 4.86. The number of esters is 1. The lowest BCUT2D eigenvalue weighted by atomic mass is 10.1. The van der Waals surface area contributed by atoms with Crippen LogP contribution in [0.2, 0.25) is 0 Å². The Kier molecular flexibility index (Phi) is 3.74. The molecule has 3 rings (SSSR count). The Balaban J connectivity index is 1.89. The minimum Gasteiger partial charge on any atom is -0.402 e. The normalized spacial score (nSPS) is 21.6. The first-order valence-electron chi connectivity index (χ1n) is 6.77. The van der Waals surface area contributed by atoms with Crippen molar-refractivity contribution >= 4 is 23.5 Å². The van der Waals surface area contributed by atoms with Gasteiger partial charge >= 0.3 is 5.97 Å². The van der Waals surface area contributed by atoms with Crippen LogP contribution in [0.25, 0.3) is 0 Å². The predicted molar refractivity (Wildman–Crippen MR) is 77.4 cm³/mol. The smallest absolute Gasteiger partial charge is 0.366 e. The third-order valence-corrected chi connectivity index (χ3v) is 3.86. The molecule has 0 aliphatic carbocycles. The van der Waals surface area contributed by atoms with Crippen molar-refractivity contribution < 1.29 is 9.53 Å². The van der Waals surface area contributed by atoms with Crippen LogP contribution >= 0.6 is 11.6 Å². The summed E-state index contributed by atoms with van der Waals surface area (Å²) in [5.74, 6) is -0.153. The Hall–Kier alpha value is -1.81. The van der Waals surface area contributed by atoms with E-state index in [1.165, 1.54) is 6.42 Å². The molecule has 4 nitrogen and oxygen atoms in total. The molecule has 1 aromatic carbocycles. The molecule has 5 heteroatoms. The molecule has 0 amide bonds. The molecule has 1 fully saturated rings. The highest BCUT2D eigenvalue weighted by atomic mass is 35.5. The standard InChI is InChI=1S/C15H15ClN2O2/c16-13(18-9-5-2-6-10-18)12-15(19)20-14(17-12)11-7-3-1-4-8-11/h1,3-4,7-8H,2,5-6,9-10H2/b13-12-. The van der Waals surface area contributed by atoms with Crippen LogP contribution in [0, 0.1) is 0 Å². The van der Waals surface area contributed by atoms with Crippen molar-refractivity contribution in [2.45, 2.75) is 19.3 Å². The first kappa shape index (κ1) is 13.2. The monoisotopic (exact) mass is 290 g/mol. The summed E-state index contributed by atoms with van der Waals surface area (Å²) < 4.78 is 5.21. The molecule has 20 heavy (non-hydrogen) atoms. The number of benzene rings is 1. The van der Waals surface area contributed by atoms with Crippen LogP contribution < -0.4 is 0 Å². The molecule has 2 aliphatic rings. The van der Waals surface area contributed by atoms with Crippen LogP contribution in [0.15, 0.2) is 46.2 Å². The highest BCUT2D eigenvalue weighted by Crippen LogP contribution is 2.26. The van der Waals surface area contributed by atoms with Crippen LogP contribution in [-0.4, -0.2) is 29.9 Å². The third-order valence-electron chi connectivity index (χ3n) is 3.45. The summed E-state index contributed by atoms with van der Waals surface area (Å²) >= 11 is 6.31. The zero-order valence-corrected chi connectivity index (χ0v) is 11.8. The Morgan fingerprint density at radius 3 is 2.55 bits per heavy atom. The van der Waals surface area contributed by atoms with Crippen LogP contribution in [0.5, 0.6) is 0 Å². The number of likely N-dealkylation sites (tertiary alicyclic amines) is 1. The Labute approximate surface area is 122 Å². The molecule has 2 aliphatic heterocycles. The Bertz CT molecular complexity index is 575. The number of halogens is 1. The van der Waals surface area contributed by atoms with Gasteiger partial charge in [0.2, 0.25) is 5.90 Å². The van der Waals surface area contributed by atoms with Crippen molar-refractivity contribution in [2.75, 3.05) is 13.1 Å². The highest BCUT2D eigenvalue weighted by Gasteiger charge is 2.29. The average molecular weight is 291 g/mol. The fraction of sp³-hybridized carbons (Fsp3) is 0.333. The number of ether oxygens (including phenoxy) is 1. The fourth-order valence-electron chi connectivity index (χ4n) is 2.38. The van der Waals surface area contributed by atoms with Crippen molar-refractivity contribution in [3.63, 3.8) is 0 Å². The van der Waals surface area contributed by atoms with Crippen molar-refractivity contribution in [1.29, 1.82) is 0 Å². The summed E-state index contributed by atoms with van der Waals surface area (Å²) in [6, 6.07) is 9.35. The van der Waals surface area contributed by atoms with Crippen LogP contribution in [0.3, 0.4) is 0 Å². The lowest BCUT2D eigenvalue weighted by molar-refractivity contribution is -0.130. The number of aliphatic imine (C=N–C) groups is 1. The van der Waals surface area contributed by atoms with E-state index in [2.05, 4.69) is 4.99 Å². The van der Waals surface area contributed by atoms with E-state index in [1.807, 2.05) is 35.2 Å². The second-order valence-corrected chi connectivity index (χ2v) is 5.22. The zero-order valence-electron chi connectivity index (χ0n) is 11.0. The molecular weight excluding hydrogens is 276 g/mol. The Morgan fingerprint density at radius 1 is 1.15 bits per heavy atom. The molecule has 0 bridgehead atoms. The van der Waals surface area contributed by atoms with E-state index >= 15 is 0 Å². The van der Waals surface area contributed by atoms with Gasteiger partial charge in [-0.1, -0.05) is 29.8 Å². The van der Waals surface area contributed by atoms with Crippen molar-refractivity contribution in [3.8, 4) is 0 Å². The van der Waals surface area contributed by atoms with Gasteiger partial charge in [-0.15, -0.1) is 0 Å². The molecule has 0 saturated carbocycles. The number of rotatable bonds is 2. The van der Waals surface area contributed by atoms with Gasteiger partial charge in [0.1, 0.15) is 5.16 Å². The molecule has 1 aromatic rings. The molecule has 0 radical (unpaired) electrons. The topological polar surface area (TPSA) is 41.9 Å². The van der Waals surface area contributed by atoms with Gasteiger partial charge in [0, 0.05) is 18.7 Å². The van der Waals surface area contributed by atoms with Gasteiger partial charge in [-0.05, 0) is 31.4 Å². The predicted octanol–water partition coefficient (Wildman–Crippen LogP) is 2.88. The third kappa shape index (κ3) is 2.56. The van der Waals surface area contributed by atoms with Crippen molar-refractivity contribution in [3.05, 3.63) is 46.7 Å². The second kappa shape index (κ2) is 5.67. The maximum absolute atomic E-state index is 11.9. The molecule has 2 heterocycles. The molecule has 0 aromatic heterocycles. The fourth-order valence-corrected chi connectivity index (χ4v) is 2.67. The number of cyclic esters (lactones) is 1. The van der Waals surface area contributed by atoms with Crippen LogP contribution in [-0.2, 0) is 9.53 Å². The van der Waals surface area contributed by atoms with Gasteiger partial charge < -0.3 is 9.64 Å². The number of nitrogens with zero attached hydrogens (tertiary/aromatic N) is 2. The van der Waals surface area contributed by atoms with Gasteiger partial charge in [-0.3, -0.25) is 0 Å². The minimum absolute atomic E-state index is 0.215. The quantitative estimate of drug-likeness (QED) is 0.478. The SMILES string of the molecule is O=C1OC(c2ccccc2)=N/C1=C(/Cl)N1CCCCC1. The van der Waals surface area contributed by atoms with Crippen LogP contribution in [0.1, 0.15) is 24.8 Å². The number of carbonyl (C=O) groups excluding carboxylic acids is 1. The van der Waals surface area contributed by atoms with Gasteiger partial charge in [0.15, 0.2) is 5.70 Å². The molecule has 0 unspecified atom stereocenters. The number of piperidine rings is 1. The molecule has 104 valence electrons. The molecule has 0 atom stereocenters. The molecule has 0 N–H and O–H groups in total. The Morgan fingerprint density at radius 2 is 1.85 bits per heavy atom. The van der Waals surface area contributed by atoms with Crippen LogP contribution in [0.4, 0.5) is 0 Å². The number of hydrogen-bond donors (Lipinski definition) is 0. The van der Waals surface area contributed by atoms with E-state index in [-0.39, 0.29) is 5.70 Å². The summed E-state index contributed by atoms with van der Waals surface area (Å²) in [7, 11) is 0. The summed E-state index contributed by atoms with van der Waals surface area (Å²) in [5, 5.41) is 0.403. The summed E-state index contributed by atoms with van der Waals surface area (Å²) in [5.41, 5.74) is 0.992. The van der Waals surface area contributed by atoms with Gasteiger partial charge in [-0.25, -0.2) is 9.79 Å². The van der Waals surface area contributed by atoms with Crippen molar-refractivity contribution in [1.82, 2.24) is 4.90 Å². The number of carbonyl (C=O) groups is 1. The minimum atomic E-state index is -0.473. The lowest BCUT2D eigenvalue weighted by Gasteiger charge is -2.27. The van der Waals surface area contributed by atoms with E-state index in [0.717, 1.165) is 31.5 Å². The maximum atomic E-state index is 11.9. The van der Waals surface area contributed by atoms with E-state index in [0.29, 0.717) is 11.1 Å². The summed E-state index contributed by atoms with van der Waals surface area (Å²) in [4.78, 5) is 18.2. The average Bonchev–Trinajstić information content (AvgIpc) is 2.90. The molecule has 1 saturated heterocycles. The maximum Gasteiger partial charge on any atom is 0.366 e. The number of hydrogen-bond acceptors (Lipinski definition) is 4. The lowest BCUT2D eigenvalue weighted by Crippen LogP contribution is -2.28. The van der Waals surface area contributed by atoms with E-state index in [9.17, 15) is 4.79 Å². The van der Waals surface area contributed by atoms with Gasteiger partial charge in [-0.2, -0.15) is 0 Å². The summed E-state index contributed by atoms with van der Waals surface area (Å²) in [6.07, 6.45) is 3.39. The van der Waals surface area contributed by atoms with E-state index in [1.54, 1.807) is 0 Å². The summed E-state index contributed by atoms with van der Waals surface area (Å²) in [6.45, 7) is 1.73. The molecular formula is C15H15ClN2O2. The highest BCUT2D eigenvalue weighted by molar-refractivity contribution is 6.32. The van der Waals surface area contributed by atoms with Crippen molar-refractivity contribution in [2.24, 2.45) is 4.99 Å². The van der Waals surface area contributed by atoms with Gasteiger partial charge in [0.25, 0.3) is 0 Å². The van der Waals surface area contributed by atoms with E-state index < -0.39 is 5.97 Å². The first-order chi connectivity index (χ1) is 9.75.